The summed E-state index contributed by atoms with van der Waals surface area (Å²) in [6, 6.07) is 7.75. The molecule has 1 amide bonds. The first-order chi connectivity index (χ1) is 12.8. The van der Waals surface area contributed by atoms with E-state index in [2.05, 4.69) is 19.2 Å². The summed E-state index contributed by atoms with van der Waals surface area (Å²) in [5.74, 6) is 0.464. The van der Waals surface area contributed by atoms with E-state index in [1.807, 2.05) is 24.3 Å². The number of fused-ring (bicyclic) bond motifs is 1. The number of hydrogen-bond donors (Lipinski definition) is 1. The highest BCUT2D eigenvalue weighted by Crippen LogP contribution is 2.42. The van der Waals surface area contributed by atoms with Crippen LogP contribution in [0.25, 0.3) is 0 Å². The Bertz CT molecular complexity index is 789. The van der Waals surface area contributed by atoms with Gasteiger partial charge in [0.05, 0.1) is 18.2 Å². The second-order valence-electron chi connectivity index (χ2n) is 7.76. The van der Waals surface area contributed by atoms with Gasteiger partial charge in [0.15, 0.2) is 0 Å². The SMILES string of the molecule is CCC1(CC)C[C@H](NC(=O)[C@H]2CCCN(S(C)(=O)=O)C2)c2ccccc2O1. The molecule has 27 heavy (non-hydrogen) atoms. The fourth-order valence-corrected chi connectivity index (χ4v) is 5.09. The number of nitrogens with zero attached hydrogens (tertiary/aromatic N) is 1. The van der Waals surface area contributed by atoms with Gasteiger partial charge in [0, 0.05) is 25.1 Å². The Labute approximate surface area is 162 Å². The van der Waals surface area contributed by atoms with Gasteiger partial charge in [-0.15, -0.1) is 0 Å². The molecule has 7 heteroatoms. The van der Waals surface area contributed by atoms with E-state index in [1.54, 1.807) is 0 Å². The molecule has 1 aromatic carbocycles. The molecule has 0 radical (unpaired) electrons. The fourth-order valence-electron chi connectivity index (χ4n) is 4.18. The van der Waals surface area contributed by atoms with Gasteiger partial charge >= 0.3 is 0 Å². The lowest BCUT2D eigenvalue weighted by atomic mass is 9.83. The zero-order valence-electron chi connectivity index (χ0n) is 16.4. The quantitative estimate of drug-likeness (QED) is 0.833. The molecule has 0 spiro atoms. The number of para-hydroxylation sites is 1. The number of hydrogen-bond acceptors (Lipinski definition) is 4. The summed E-state index contributed by atoms with van der Waals surface area (Å²) in [6.45, 7) is 4.99. The second-order valence-corrected chi connectivity index (χ2v) is 9.74. The summed E-state index contributed by atoms with van der Waals surface area (Å²) in [7, 11) is -3.27. The van der Waals surface area contributed by atoms with Crippen LogP contribution >= 0.6 is 0 Å². The summed E-state index contributed by atoms with van der Waals surface area (Å²) < 4.78 is 31.4. The molecule has 2 atom stereocenters. The van der Waals surface area contributed by atoms with Crippen molar-refractivity contribution in [1.82, 2.24) is 9.62 Å². The minimum absolute atomic E-state index is 0.0637. The van der Waals surface area contributed by atoms with Gasteiger partial charge < -0.3 is 10.1 Å². The molecule has 0 saturated carbocycles. The molecule has 2 aliphatic rings. The van der Waals surface area contributed by atoms with E-state index < -0.39 is 10.0 Å². The van der Waals surface area contributed by atoms with Crippen LogP contribution in [0.15, 0.2) is 24.3 Å². The Morgan fingerprint density at radius 2 is 2.00 bits per heavy atom. The van der Waals surface area contributed by atoms with Crippen LogP contribution in [-0.2, 0) is 14.8 Å². The van der Waals surface area contributed by atoms with Crippen molar-refractivity contribution in [3.8, 4) is 5.75 Å². The van der Waals surface area contributed by atoms with Crippen LogP contribution < -0.4 is 10.1 Å². The van der Waals surface area contributed by atoms with Gasteiger partial charge in [-0.1, -0.05) is 32.0 Å². The van der Waals surface area contributed by atoms with E-state index in [4.69, 9.17) is 4.74 Å². The third kappa shape index (κ3) is 4.29. The third-order valence-corrected chi connectivity index (χ3v) is 7.30. The molecule has 0 unspecified atom stereocenters. The number of carbonyl (C=O) groups is 1. The zero-order chi connectivity index (χ0) is 19.7. The molecule has 0 bridgehead atoms. The summed E-state index contributed by atoms with van der Waals surface area (Å²) in [5, 5.41) is 3.20. The molecular weight excluding hydrogens is 364 g/mol. The Kier molecular flexibility index (Phi) is 5.82. The summed E-state index contributed by atoms with van der Waals surface area (Å²) in [5.41, 5.74) is 0.719. The average Bonchev–Trinajstić information content (AvgIpc) is 2.67. The molecular formula is C20H30N2O4S. The standard InChI is InChI=1S/C20H30N2O4S/c1-4-20(5-2)13-17(16-10-6-7-11-18(16)26-20)21-19(23)15-9-8-12-22(14-15)27(3,24)25/h6-7,10-11,15,17H,4-5,8-9,12-14H2,1-3H3,(H,21,23)/t15-,17-/m0/s1. The number of sulfonamides is 1. The fraction of sp³-hybridized carbons (Fsp3) is 0.650. The summed E-state index contributed by atoms with van der Waals surface area (Å²) in [4.78, 5) is 13.0. The lowest BCUT2D eigenvalue weighted by Crippen LogP contribution is -2.48. The highest BCUT2D eigenvalue weighted by Gasteiger charge is 2.40. The highest BCUT2D eigenvalue weighted by atomic mass is 32.2. The van der Waals surface area contributed by atoms with E-state index in [1.165, 1.54) is 10.6 Å². The normalized spacial score (nSPS) is 25.3. The van der Waals surface area contributed by atoms with Crippen LogP contribution in [0.1, 0.15) is 57.6 Å². The molecule has 2 aliphatic heterocycles. The predicted octanol–water partition coefficient (Wildman–Crippen LogP) is 2.86. The number of piperidine rings is 1. The number of rotatable bonds is 5. The van der Waals surface area contributed by atoms with Gasteiger partial charge in [-0.2, -0.15) is 0 Å². The van der Waals surface area contributed by atoms with Crippen molar-refractivity contribution >= 4 is 15.9 Å². The van der Waals surface area contributed by atoms with Crippen LogP contribution in [0.2, 0.25) is 0 Å². The van der Waals surface area contributed by atoms with Gasteiger partial charge in [0.1, 0.15) is 11.4 Å². The molecule has 150 valence electrons. The lowest BCUT2D eigenvalue weighted by Gasteiger charge is -2.42. The maximum atomic E-state index is 13.0. The smallest absolute Gasteiger partial charge is 0.224 e. The Morgan fingerprint density at radius 3 is 2.67 bits per heavy atom. The van der Waals surface area contributed by atoms with Crippen LogP contribution in [0.4, 0.5) is 0 Å². The van der Waals surface area contributed by atoms with Crippen molar-refractivity contribution in [2.45, 2.75) is 57.6 Å². The van der Waals surface area contributed by atoms with Crippen LogP contribution in [-0.4, -0.2) is 43.6 Å². The highest BCUT2D eigenvalue weighted by molar-refractivity contribution is 7.88. The van der Waals surface area contributed by atoms with Gasteiger partial charge in [-0.05, 0) is 31.7 Å². The van der Waals surface area contributed by atoms with Crippen LogP contribution in [0.3, 0.4) is 0 Å². The van der Waals surface area contributed by atoms with Gasteiger partial charge in [0.2, 0.25) is 15.9 Å². The van der Waals surface area contributed by atoms with Crippen molar-refractivity contribution in [3.05, 3.63) is 29.8 Å². The molecule has 1 saturated heterocycles. The van der Waals surface area contributed by atoms with Crippen LogP contribution in [0.5, 0.6) is 5.75 Å². The number of amides is 1. The number of ether oxygens (including phenoxy) is 1. The van der Waals surface area contributed by atoms with E-state index >= 15 is 0 Å². The van der Waals surface area contributed by atoms with Crippen molar-refractivity contribution in [1.29, 1.82) is 0 Å². The molecule has 0 aliphatic carbocycles. The van der Waals surface area contributed by atoms with E-state index in [0.29, 0.717) is 13.0 Å². The molecule has 1 N–H and O–H groups in total. The number of nitrogens with one attached hydrogen (secondary N) is 1. The molecule has 6 nitrogen and oxygen atoms in total. The van der Waals surface area contributed by atoms with Gasteiger partial charge in [-0.25, -0.2) is 12.7 Å². The van der Waals surface area contributed by atoms with E-state index in [-0.39, 0.29) is 30.0 Å². The maximum Gasteiger partial charge on any atom is 0.224 e. The molecule has 0 aromatic heterocycles. The maximum absolute atomic E-state index is 13.0. The zero-order valence-corrected chi connectivity index (χ0v) is 17.2. The molecule has 1 aromatic rings. The molecule has 2 heterocycles. The Hall–Kier alpha value is -1.60. The predicted molar refractivity (Wildman–Crippen MR) is 105 cm³/mol. The van der Waals surface area contributed by atoms with Gasteiger partial charge in [0.25, 0.3) is 0 Å². The van der Waals surface area contributed by atoms with Crippen molar-refractivity contribution in [2.75, 3.05) is 19.3 Å². The molecule has 3 rings (SSSR count). The topological polar surface area (TPSA) is 75.7 Å². The van der Waals surface area contributed by atoms with Crippen molar-refractivity contribution in [2.24, 2.45) is 5.92 Å². The minimum atomic E-state index is -3.27. The van der Waals surface area contributed by atoms with E-state index in [9.17, 15) is 13.2 Å². The minimum Gasteiger partial charge on any atom is -0.487 e. The Morgan fingerprint density at radius 1 is 1.30 bits per heavy atom. The third-order valence-electron chi connectivity index (χ3n) is 6.03. The lowest BCUT2D eigenvalue weighted by molar-refractivity contribution is -0.127. The molecule has 1 fully saturated rings. The monoisotopic (exact) mass is 394 g/mol. The first kappa shape index (κ1) is 20.1. The first-order valence-electron chi connectivity index (χ1n) is 9.81. The number of benzene rings is 1. The number of carbonyl (C=O) groups excluding carboxylic acids is 1. The van der Waals surface area contributed by atoms with Crippen molar-refractivity contribution < 1.29 is 17.9 Å². The van der Waals surface area contributed by atoms with Crippen LogP contribution in [0, 0.1) is 5.92 Å². The first-order valence-corrected chi connectivity index (χ1v) is 11.7. The summed E-state index contributed by atoms with van der Waals surface area (Å²) >= 11 is 0. The Balaban J connectivity index is 1.78. The summed E-state index contributed by atoms with van der Waals surface area (Å²) in [6.07, 6.45) is 5.11. The van der Waals surface area contributed by atoms with Gasteiger partial charge in [-0.3, -0.25) is 4.79 Å². The average molecular weight is 395 g/mol. The second kappa shape index (κ2) is 7.80. The largest absolute Gasteiger partial charge is 0.487 e. The van der Waals surface area contributed by atoms with Crippen molar-refractivity contribution in [3.63, 3.8) is 0 Å². The van der Waals surface area contributed by atoms with E-state index in [0.717, 1.165) is 37.0 Å².